The van der Waals surface area contributed by atoms with Crippen LogP contribution in [0.2, 0.25) is 0 Å². The molecule has 1 heterocycles. The molecule has 2 aromatic carbocycles. The normalized spacial score (nSPS) is 14.6. The molecular formula is C19H17NO4. The lowest BCUT2D eigenvalue weighted by Crippen LogP contribution is -2.29. The van der Waals surface area contributed by atoms with E-state index in [0.717, 1.165) is 10.5 Å². The van der Waals surface area contributed by atoms with Crippen LogP contribution in [0.3, 0.4) is 0 Å². The highest BCUT2D eigenvalue weighted by Gasteiger charge is 2.36. The second-order valence-corrected chi connectivity index (χ2v) is 5.81. The van der Waals surface area contributed by atoms with E-state index in [1.54, 1.807) is 48.5 Å². The molecule has 2 aromatic rings. The summed E-state index contributed by atoms with van der Waals surface area (Å²) >= 11 is 0. The van der Waals surface area contributed by atoms with Crippen molar-refractivity contribution < 1.29 is 19.5 Å². The lowest BCUT2D eigenvalue weighted by atomic mass is 9.97. The minimum Gasteiger partial charge on any atom is -0.481 e. The number of carbonyl (C=O) groups is 3. The summed E-state index contributed by atoms with van der Waals surface area (Å²) in [5.41, 5.74) is 2.17. The van der Waals surface area contributed by atoms with E-state index in [1.807, 2.05) is 6.92 Å². The molecule has 24 heavy (non-hydrogen) atoms. The summed E-state index contributed by atoms with van der Waals surface area (Å²) in [5.74, 6) is -1.92. The Bertz CT molecular complexity index is 775. The van der Waals surface area contributed by atoms with Crippen LogP contribution in [0.25, 0.3) is 0 Å². The highest BCUT2D eigenvalue weighted by atomic mass is 16.4. The molecule has 0 aromatic heterocycles. The van der Waals surface area contributed by atoms with E-state index < -0.39 is 11.9 Å². The largest absolute Gasteiger partial charge is 0.481 e. The van der Waals surface area contributed by atoms with Gasteiger partial charge < -0.3 is 5.11 Å². The first-order valence-electron chi connectivity index (χ1n) is 7.82. The topological polar surface area (TPSA) is 74.7 Å². The van der Waals surface area contributed by atoms with Crippen LogP contribution < -0.4 is 4.90 Å². The third-order valence-electron chi connectivity index (χ3n) is 4.31. The Labute approximate surface area is 139 Å². The van der Waals surface area contributed by atoms with Gasteiger partial charge in [-0.15, -0.1) is 0 Å². The van der Waals surface area contributed by atoms with Gasteiger partial charge in [0, 0.05) is 0 Å². The Kier molecular flexibility index (Phi) is 4.16. The summed E-state index contributed by atoms with van der Waals surface area (Å²) in [5, 5.41) is 9.13. The number of carboxylic acid groups (broad SMARTS) is 1. The Morgan fingerprint density at radius 2 is 1.54 bits per heavy atom. The van der Waals surface area contributed by atoms with Crippen LogP contribution >= 0.6 is 0 Å². The smallest absolute Gasteiger partial charge is 0.306 e. The van der Waals surface area contributed by atoms with Crippen LogP contribution in [0.15, 0.2) is 48.5 Å². The molecule has 1 unspecified atom stereocenters. The van der Waals surface area contributed by atoms with Gasteiger partial charge in [-0.2, -0.15) is 0 Å². The molecule has 0 spiro atoms. The van der Waals surface area contributed by atoms with Gasteiger partial charge in [0.1, 0.15) is 0 Å². The van der Waals surface area contributed by atoms with Crippen LogP contribution in [-0.2, 0) is 11.2 Å². The van der Waals surface area contributed by atoms with E-state index >= 15 is 0 Å². The van der Waals surface area contributed by atoms with Crippen molar-refractivity contribution in [2.75, 3.05) is 4.90 Å². The Hall–Kier alpha value is -2.95. The maximum absolute atomic E-state index is 12.4. The van der Waals surface area contributed by atoms with Crippen LogP contribution in [0, 0.1) is 5.92 Å². The molecule has 0 aliphatic carbocycles. The SMILES string of the molecule is CCC(Cc1ccc(N2C(=O)c3ccccc3C2=O)cc1)C(=O)O. The quantitative estimate of drug-likeness (QED) is 0.858. The summed E-state index contributed by atoms with van der Waals surface area (Å²) in [4.78, 5) is 37.1. The first-order valence-corrected chi connectivity index (χ1v) is 7.82. The predicted octanol–water partition coefficient (Wildman–Crippen LogP) is 3.14. The monoisotopic (exact) mass is 323 g/mol. The lowest BCUT2D eigenvalue weighted by molar-refractivity contribution is -0.141. The van der Waals surface area contributed by atoms with Crippen LogP contribution in [-0.4, -0.2) is 22.9 Å². The molecule has 0 saturated heterocycles. The fourth-order valence-electron chi connectivity index (χ4n) is 2.90. The number of carboxylic acids is 1. The number of carbonyl (C=O) groups excluding carboxylic acids is 2. The van der Waals surface area contributed by atoms with Gasteiger partial charge in [0.05, 0.1) is 22.7 Å². The molecular weight excluding hydrogens is 306 g/mol. The Morgan fingerprint density at radius 1 is 1.00 bits per heavy atom. The molecule has 0 saturated carbocycles. The van der Waals surface area contributed by atoms with Crippen molar-refractivity contribution in [2.24, 2.45) is 5.92 Å². The zero-order valence-corrected chi connectivity index (χ0v) is 13.2. The second kappa shape index (κ2) is 6.28. The van der Waals surface area contributed by atoms with E-state index in [-0.39, 0.29) is 11.8 Å². The lowest BCUT2D eigenvalue weighted by Gasteiger charge is -2.15. The molecule has 122 valence electrons. The number of hydrogen-bond acceptors (Lipinski definition) is 3. The highest BCUT2D eigenvalue weighted by molar-refractivity contribution is 6.34. The van der Waals surface area contributed by atoms with Crippen molar-refractivity contribution in [3.05, 3.63) is 65.2 Å². The number of imide groups is 1. The van der Waals surface area contributed by atoms with Crippen molar-refractivity contribution in [1.82, 2.24) is 0 Å². The standard InChI is InChI=1S/C19H17NO4/c1-2-13(19(23)24)11-12-7-9-14(10-8-12)20-17(21)15-5-3-4-6-16(15)18(20)22/h3-10,13H,2,11H2,1H3,(H,23,24). The van der Waals surface area contributed by atoms with Crippen molar-refractivity contribution >= 4 is 23.5 Å². The number of aliphatic carboxylic acids is 1. The maximum atomic E-state index is 12.4. The van der Waals surface area contributed by atoms with Crippen molar-refractivity contribution in [1.29, 1.82) is 0 Å². The fraction of sp³-hybridized carbons (Fsp3) is 0.211. The Balaban J connectivity index is 1.83. The van der Waals surface area contributed by atoms with Gasteiger partial charge in [0.2, 0.25) is 0 Å². The second-order valence-electron chi connectivity index (χ2n) is 5.81. The molecule has 2 amide bonds. The number of amides is 2. The summed E-state index contributed by atoms with van der Waals surface area (Å²) in [7, 11) is 0. The number of hydrogen-bond donors (Lipinski definition) is 1. The number of anilines is 1. The molecule has 0 fully saturated rings. The summed E-state index contributed by atoms with van der Waals surface area (Å²) in [6, 6.07) is 13.7. The molecule has 3 rings (SSSR count). The number of rotatable bonds is 5. The Morgan fingerprint density at radius 3 is 2.00 bits per heavy atom. The van der Waals surface area contributed by atoms with Gasteiger partial charge in [0.15, 0.2) is 0 Å². The van der Waals surface area contributed by atoms with Gasteiger partial charge in [-0.25, -0.2) is 4.90 Å². The van der Waals surface area contributed by atoms with Gasteiger partial charge in [-0.1, -0.05) is 31.2 Å². The molecule has 1 atom stereocenters. The van der Waals surface area contributed by atoms with Gasteiger partial charge in [0.25, 0.3) is 11.8 Å². The van der Waals surface area contributed by atoms with Crippen LogP contribution in [0.1, 0.15) is 39.6 Å². The average molecular weight is 323 g/mol. The fourth-order valence-corrected chi connectivity index (χ4v) is 2.90. The first-order chi connectivity index (χ1) is 11.5. The molecule has 5 nitrogen and oxygen atoms in total. The van der Waals surface area contributed by atoms with Crippen molar-refractivity contribution in [3.8, 4) is 0 Å². The third kappa shape index (κ3) is 2.69. The summed E-state index contributed by atoms with van der Waals surface area (Å²) in [6.07, 6.45) is 0.976. The maximum Gasteiger partial charge on any atom is 0.306 e. The number of fused-ring (bicyclic) bond motifs is 1. The molecule has 1 aliphatic heterocycles. The predicted molar refractivity (Wildman–Crippen MR) is 89.1 cm³/mol. The zero-order valence-electron chi connectivity index (χ0n) is 13.2. The third-order valence-corrected chi connectivity index (χ3v) is 4.31. The van der Waals surface area contributed by atoms with Crippen molar-refractivity contribution in [2.45, 2.75) is 19.8 Å². The van der Waals surface area contributed by atoms with Gasteiger partial charge >= 0.3 is 5.97 Å². The molecule has 1 aliphatic rings. The summed E-state index contributed by atoms with van der Waals surface area (Å²) in [6.45, 7) is 1.84. The molecule has 0 radical (unpaired) electrons. The zero-order chi connectivity index (χ0) is 17.3. The number of nitrogens with zero attached hydrogens (tertiary/aromatic N) is 1. The van der Waals surface area contributed by atoms with E-state index in [0.29, 0.717) is 29.7 Å². The molecule has 0 bridgehead atoms. The van der Waals surface area contributed by atoms with Gasteiger partial charge in [-0.05, 0) is 42.7 Å². The van der Waals surface area contributed by atoms with E-state index in [9.17, 15) is 14.4 Å². The molecule has 1 N–H and O–H groups in total. The van der Waals surface area contributed by atoms with Gasteiger partial charge in [-0.3, -0.25) is 14.4 Å². The van der Waals surface area contributed by atoms with E-state index in [2.05, 4.69) is 0 Å². The molecule has 5 heteroatoms. The van der Waals surface area contributed by atoms with E-state index in [1.165, 1.54) is 0 Å². The highest BCUT2D eigenvalue weighted by Crippen LogP contribution is 2.28. The van der Waals surface area contributed by atoms with E-state index in [4.69, 9.17) is 5.11 Å². The number of benzene rings is 2. The first kappa shape index (κ1) is 15.9. The minimum absolute atomic E-state index is 0.333. The van der Waals surface area contributed by atoms with Crippen LogP contribution in [0.5, 0.6) is 0 Å². The minimum atomic E-state index is -0.818. The average Bonchev–Trinajstić information content (AvgIpc) is 2.85. The van der Waals surface area contributed by atoms with Crippen molar-refractivity contribution in [3.63, 3.8) is 0 Å². The van der Waals surface area contributed by atoms with Crippen LogP contribution in [0.4, 0.5) is 5.69 Å². The summed E-state index contributed by atoms with van der Waals surface area (Å²) < 4.78 is 0.